The SMILES string of the molecule is Cc1n[nH]c(C)c1-c1ccccc1OC(F)(F)F. The molecule has 0 unspecified atom stereocenters. The van der Waals surface area contributed by atoms with Crippen LogP contribution in [0.25, 0.3) is 11.1 Å². The van der Waals surface area contributed by atoms with Crippen molar-refractivity contribution in [3.63, 3.8) is 0 Å². The summed E-state index contributed by atoms with van der Waals surface area (Å²) < 4.78 is 41.0. The summed E-state index contributed by atoms with van der Waals surface area (Å²) >= 11 is 0. The highest BCUT2D eigenvalue weighted by Crippen LogP contribution is 2.36. The Balaban J connectivity index is 2.52. The Kier molecular flexibility index (Phi) is 3.02. The number of alkyl halides is 3. The summed E-state index contributed by atoms with van der Waals surface area (Å²) in [7, 11) is 0. The molecule has 0 amide bonds. The fourth-order valence-corrected chi connectivity index (χ4v) is 1.83. The zero-order chi connectivity index (χ0) is 13.3. The van der Waals surface area contributed by atoms with Crippen LogP contribution in [0.3, 0.4) is 0 Å². The Bertz CT molecular complexity index is 541. The normalized spacial score (nSPS) is 11.6. The van der Waals surface area contributed by atoms with E-state index in [1.165, 1.54) is 12.1 Å². The molecule has 0 bridgehead atoms. The number of aromatic nitrogens is 2. The number of aryl methyl sites for hydroxylation is 2. The van der Waals surface area contributed by atoms with E-state index in [-0.39, 0.29) is 5.75 Å². The van der Waals surface area contributed by atoms with Crippen LogP contribution >= 0.6 is 0 Å². The standard InChI is InChI=1S/C12H11F3N2O/c1-7-11(8(2)17-16-7)9-5-3-4-6-10(9)18-12(13,14)15/h3-6H,1-2H3,(H,16,17). The number of hydrogen-bond acceptors (Lipinski definition) is 2. The molecule has 96 valence electrons. The van der Waals surface area contributed by atoms with Crippen molar-refractivity contribution in [1.29, 1.82) is 0 Å². The lowest BCUT2D eigenvalue weighted by molar-refractivity contribution is -0.274. The number of H-pyrrole nitrogens is 1. The summed E-state index contributed by atoms with van der Waals surface area (Å²) in [6.07, 6.45) is -4.71. The van der Waals surface area contributed by atoms with E-state index in [2.05, 4.69) is 14.9 Å². The Hall–Kier alpha value is -1.98. The number of nitrogens with one attached hydrogen (secondary N) is 1. The number of halogens is 3. The Labute approximate surface area is 102 Å². The lowest BCUT2D eigenvalue weighted by Gasteiger charge is -2.13. The molecule has 0 saturated carbocycles. The van der Waals surface area contributed by atoms with Gasteiger partial charge in [0.15, 0.2) is 0 Å². The van der Waals surface area contributed by atoms with E-state index < -0.39 is 6.36 Å². The lowest BCUT2D eigenvalue weighted by atomic mass is 10.0. The lowest BCUT2D eigenvalue weighted by Crippen LogP contribution is -2.17. The molecule has 0 fully saturated rings. The second kappa shape index (κ2) is 4.36. The fraction of sp³-hybridized carbons (Fsp3) is 0.250. The fourth-order valence-electron chi connectivity index (χ4n) is 1.83. The first-order valence-electron chi connectivity index (χ1n) is 5.25. The number of para-hydroxylation sites is 1. The van der Waals surface area contributed by atoms with E-state index in [0.717, 1.165) is 0 Å². The molecule has 1 aromatic heterocycles. The minimum absolute atomic E-state index is 0.224. The van der Waals surface area contributed by atoms with Crippen LogP contribution in [0.15, 0.2) is 24.3 Å². The predicted octanol–water partition coefficient (Wildman–Crippen LogP) is 3.59. The molecule has 6 heteroatoms. The van der Waals surface area contributed by atoms with Crippen molar-refractivity contribution in [2.75, 3.05) is 0 Å². The number of aromatic amines is 1. The zero-order valence-corrected chi connectivity index (χ0v) is 9.80. The van der Waals surface area contributed by atoms with Crippen LogP contribution in [0, 0.1) is 13.8 Å². The Morgan fingerprint density at radius 3 is 2.39 bits per heavy atom. The van der Waals surface area contributed by atoms with Crippen molar-refractivity contribution < 1.29 is 17.9 Å². The van der Waals surface area contributed by atoms with Crippen molar-refractivity contribution in [3.05, 3.63) is 35.7 Å². The largest absolute Gasteiger partial charge is 0.573 e. The summed E-state index contributed by atoms with van der Waals surface area (Å²) in [5, 5.41) is 6.71. The summed E-state index contributed by atoms with van der Waals surface area (Å²) in [6.45, 7) is 3.48. The van der Waals surface area contributed by atoms with Crippen LogP contribution in [-0.2, 0) is 0 Å². The van der Waals surface area contributed by atoms with Gasteiger partial charge in [0.25, 0.3) is 0 Å². The van der Waals surface area contributed by atoms with Gasteiger partial charge in [0.05, 0.1) is 5.69 Å². The second-order valence-electron chi connectivity index (χ2n) is 3.85. The van der Waals surface area contributed by atoms with Crippen LogP contribution in [0.5, 0.6) is 5.75 Å². The van der Waals surface area contributed by atoms with Crippen molar-refractivity contribution in [1.82, 2.24) is 10.2 Å². The molecule has 3 nitrogen and oxygen atoms in total. The molecule has 0 aliphatic rings. The van der Waals surface area contributed by atoms with E-state index in [1.807, 2.05) is 0 Å². The number of ether oxygens (including phenoxy) is 1. The van der Waals surface area contributed by atoms with Gasteiger partial charge in [-0.15, -0.1) is 13.2 Å². The highest BCUT2D eigenvalue weighted by Gasteiger charge is 2.32. The van der Waals surface area contributed by atoms with Crippen LogP contribution in [0.1, 0.15) is 11.4 Å². The first kappa shape index (κ1) is 12.5. The molecule has 0 atom stereocenters. The monoisotopic (exact) mass is 256 g/mol. The molecule has 1 aromatic carbocycles. The first-order chi connectivity index (χ1) is 8.38. The van der Waals surface area contributed by atoms with Crippen LogP contribution in [-0.4, -0.2) is 16.6 Å². The second-order valence-corrected chi connectivity index (χ2v) is 3.85. The third-order valence-corrected chi connectivity index (χ3v) is 2.51. The quantitative estimate of drug-likeness (QED) is 0.891. The molecule has 0 saturated heterocycles. The van der Waals surface area contributed by atoms with E-state index >= 15 is 0 Å². The van der Waals surface area contributed by atoms with Crippen molar-refractivity contribution in [2.24, 2.45) is 0 Å². The molecule has 2 rings (SSSR count). The third kappa shape index (κ3) is 2.47. The van der Waals surface area contributed by atoms with E-state index in [4.69, 9.17) is 0 Å². The van der Waals surface area contributed by atoms with Gasteiger partial charge in [-0.25, -0.2) is 0 Å². The van der Waals surface area contributed by atoms with Crippen molar-refractivity contribution in [3.8, 4) is 16.9 Å². The van der Waals surface area contributed by atoms with Gasteiger partial charge in [-0.1, -0.05) is 18.2 Å². The summed E-state index contributed by atoms with van der Waals surface area (Å²) in [6, 6.07) is 6.01. The van der Waals surface area contributed by atoms with Crippen LogP contribution in [0.4, 0.5) is 13.2 Å². The maximum absolute atomic E-state index is 12.3. The maximum Gasteiger partial charge on any atom is 0.573 e. The molecular weight excluding hydrogens is 245 g/mol. The highest BCUT2D eigenvalue weighted by atomic mass is 19.4. The molecular formula is C12H11F3N2O. The number of hydrogen-bond donors (Lipinski definition) is 1. The zero-order valence-electron chi connectivity index (χ0n) is 9.80. The number of nitrogens with zero attached hydrogens (tertiary/aromatic N) is 1. The Morgan fingerprint density at radius 1 is 1.17 bits per heavy atom. The van der Waals surface area contributed by atoms with Gasteiger partial charge >= 0.3 is 6.36 Å². The minimum atomic E-state index is -4.71. The molecule has 18 heavy (non-hydrogen) atoms. The summed E-state index contributed by atoms with van der Waals surface area (Å²) in [5.41, 5.74) is 2.34. The highest BCUT2D eigenvalue weighted by molar-refractivity contribution is 5.74. The van der Waals surface area contributed by atoms with Gasteiger partial charge in [-0.2, -0.15) is 5.10 Å². The van der Waals surface area contributed by atoms with E-state index in [9.17, 15) is 13.2 Å². The van der Waals surface area contributed by atoms with Crippen LogP contribution in [0.2, 0.25) is 0 Å². The van der Waals surface area contributed by atoms with Gasteiger partial charge in [0.2, 0.25) is 0 Å². The van der Waals surface area contributed by atoms with Gasteiger partial charge < -0.3 is 4.74 Å². The topological polar surface area (TPSA) is 37.9 Å². The first-order valence-corrected chi connectivity index (χ1v) is 5.25. The van der Waals surface area contributed by atoms with Crippen LogP contribution < -0.4 is 4.74 Å². The maximum atomic E-state index is 12.3. The average Bonchev–Trinajstić information content (AvgIpc) is 2.58. The third-order valence-electron chi connectivity index (χ3n) is 2.51. The molecule has 1 heterocycles. The number of benzene rings is 1. The van der Waals surface area contributed by atoms with Gasteiger partial charge in [-0.05, 0) is 19.9 Å². The van der Waals surface area contributed by atoms with Crippen molar-refractivity contribution >= 4 is 0 Å². The predicted molar refractivity (Wildman–Crippen MR) is 60.2 cm³/mol. The minimum Gasteiger partial charge on any atom is -0.405 e. The summed E-state index contributed by atoms with van der Waals surface area (Å²) in [4.78, 5) is 0. The molecule has 0 aliphatic carbocycles. The smallest absolute Gasteiger partial charge is 0.405 e. The molecule has 0 spiro atoms. The molecule has 2 aromatic rings. The van der Waals surface area contributed by atoms with E-state index in [1.54, 1.807) is 26.0 Å². The Morgan fingerprint density at radius 2 is 1.83 bits per heavy atom. The average molecular weight is 256 g/mol. The van der Waals surface area contributed by atoms with Gasteiger partial charge in [0.1, 0.15) is 5.75 Å². The number of rotatable bonds is 2. The van der Waals surface area contributed by atoms with E-state index in [0.29, 0.717) is 22.5 Å². The van der Waals surface area contributed by atoms with Gasteiger partial charge in [-0.3, -0.25) is 5.10 Å². The molecule has 1 N–H and O–H groups in total. The van der Waals surface area contributed by atoms with Gasteiger partial charge in [0, 0.05) is 16.8 Å². The van der Waals surface area contributed by atoms with Crippen molar-refractivity contribution in [2.45, 2.75) is 20.2 Å². The molecule has 0 aliphatic heterocycles. The summed E-state index contributed by atoms with van der Waals surface area (Å²) in [5.74, 6) is -0.224. The molecule has 0 radical (unpaired) electrons.